The Labute approximate surface area is 117 Å². The fourth-order valence-electron chi connectivity index (χ4n) is 1.60. The van der Waals surface area contributed by atoms with Gasteiger partial charge in [0.2, 0.25) is 5.82 Å². The van der Waals surface area contributed by atoms with Gasteiger partial charge in [0.05, 0.1) is 0 Å². The summed E-state index contributed by atoms with van der Waals surface area (Å²) >= 11 is 0. The highest BCUT2D eigenvalue weighted by Crippen LogP contribution is 2.13. The van der Waals surface area contributed by atoms with E-state index in [1.807, 2.05) is 14.1 Å². The fourth-order valence-corrected chi connectivity index (χ4v) is 1.60. The monoisotopic (exact) mass is 275 g/mol. The summed E-state index contributed by atoms with van der Waals surface area (Å²) in [4.78, 5) is 21.9. The van der Waals surface area contributed by atoms with Crippen LogP contribution < -0.4 is 5.32 Å². The number of nitrogens with one attached hydrogen (secondary N) is 1. The van der Waals surface area contributed by atoms with Gasteiger partial charge >= 0.3 is 11.8 Å². The summed E-state index contributed by atoms with van der Waals surface area (Å²) in [6.07, 6.45) is 4.13. The van der Waals surface area contributed by atoms with Gasteiger partial charge in [-0.3, -0.25) is 9.78 Å². The lowest BCUT2D eigenvalue weighted by atomic mass is 10.3. The van der Waals surface area contributed by atoms with Gasteiger partial charge in [0.15, 0.2) is 0 Å². The lowest BCUT2D eigenvalue weighted by Gasteiger charge is -2.08. The van der Waals surface area contributed by atoms with Crippen molar-refractivity contribution in [3.05, 3.63) is 30.4 Å². The zero-order valence-electron chi connectivity index (χ0n) is 11.5. The van der Waals surface area contributed by atoms with Crippen LogP contribution in [0.3, 0.4) is 0 Å². The number of aromatic nitrogens is 3. The van der Waals surface area contributed by atoms with Gasteiger partial charge in [-0.1, -0.05) is 5.16 Å². The largest absolute Gasteiger partial charge is 0.348 e. The summed E-state index contributed by atoms with van der Waals surface area (Å²) in [5, 5.41) is 6.51. The molecule has 7 heteroatoms. The number of hydrogen-bond donors (Lipinski definition) is 1. The standard InChI is InChI=1S/C13H17N5O2/c1-18(2)8-4-7-15-12(19)13-16-11(17-20-13)10-5-3-6-14-9-10/h3,5-6,9H,4,7-8H2,1-2H3,(H,15,19). The maximum Gasteiger partial charge on any atom is 0.316 e. The number of nitrogens with zero attached hydrogens (tertiary/aromatic N) is 4. The van der Waals surface area contributed by atoms with Crippen LogP contribution in [0.2, 0.25) is 0 Å². The third kappa shape index (κ3) is 3.86. The first kappa shape index (κ1) is 14.1. The van der Waals surface area contributed by atoms with Gasteiger partial charge in [-0.05, 0) is 39.2 Å². The van der Waals surface area contributed by atoms with Crippen molar-refractivity contribution in [1.29, 1.82) is 0 Å². The molecule has 0 bridgehead atoms. The Morgan fingerprint density at radius 3 is 3.00 bits per heavy atom. The SMILES string of the molecule is CN(C)CCCNC(=O)c1nc(-c2cccnc2)no1. The molecule has 2 aromatic rings. The molecule has 2 rings (SSSR count). The lowest BCUT2D eigenvalue weighted by Crippen LogP contribution is -2.27. The van der Waals surface area contributed by atoms with Crippen molar-refractivity contribution in [2.24, 2.45) is 0 Å². The van der Waals surface area contributed by atoms with E-state index >= 15 is 0 Å². The van der Waals surface area contributed by atoms with Crippen molar-refractivity contribution in [1.82, 2.24) is 25.3 Å². The molecule has 0 saturated heterocycles. The van der Waals surface area contributed by atoms with Crippen LogP contribution in [0.4, 0.5) is 0 Å². The summed E-state index contributed by atoms with van der Waals surface area (Å²) < 4.78 is 4.95. The first-order valence-corrected chi connectivity index (χ1v) is 6.34. The molecule has 0 aliphatic heterocycles. The molecule has 1 amide bonds. The molecule has 0 spiro atoms. The third-order valence-corrected chi connectivity index (χ3v) is 2.61. The van der Waals surface area contributed by atoms with Gasteiger partial charge in [-0.2, -0.15) is 4.98 Å². The molecule has 2 heterocycles. The number of pyridine rings is 1. The molecule has 0 fully saturated rings. The van der Waals surface area contributed by atoms with E-state index in [9.17, 15) is 4.79 Å². The van der Waals surface area contributed by atoms with E-state index in [1.54, 1.807) is 24.5 Å². The molecule has 106 valence electrons. The number of rotatable bonds is 6. The van der Waals surface area contributed by atoms with Gasteiger partial charge in [0.1, 0.15) is 0 Å². The smallest absolute Gasteiger partial charge is 0.316 e. The first-order valence-electron chi connectivity index (χ1n) is 6.34. The lowest BCUT2D eigenvalue weighted by molar-refractivity contribution is 0.0908. The van der Waals surface area contributed by atoms with Crippen LogP contribution in [0.1, 0.15) is 17.1 Å². The molecule has 0 aliphatic carbocycles. The Kier molecular flexibility index (Phi) is 4.78. The van der Waals surface area contributed by atoms with Gasteiger partial charge in [0.25, 0.3) is 0 Å². The zero-order chi connectivity index (χ0) is 14.4. The molecular formula is C13H17N5O2. The van der Waals surface area contributed by atoms with E-state index in [1.165, 1.54) is 0 Å². The van der Waals surface area contributed by atoms with Crippen LogP contribution >= 0.6 is 0 Å². The summed E-state index contributed by atoms with van der Waals surface area (Å²) in [6.45, 7) is 1.48. The highest BCUT2D eigenvalue weighted by atomic mass is 16.5. The minimum atomic E-state index is -0.355. The highest BCUT2D eigenvalue weighted by molar-refractivity contribution is 5.89. The number of amides is 1. The second-order valence-electron chi connectivity index (χ2n) is 4.58. The van der Waals surface area contributed by atoms with Crippen LogP contribution in [0.5, 0.6) is 0 Å². The zero-order valence-corrected chi connectivity index (χ0v) is 11.5. The molecule has 0 radical (unpaired) electrons. The number of carbonyl (C=O) groups excluding carboxylic acids is 1. The average molecular weight is 275 g/mol. The maximum atomic E-state index is 11.8. The van der Waals surface area contributed by atoms with Gasteiger partial charge in [-0.15, -0.1) is 0 Å². The number of hydrogen-bond acceptors (Lipinski definition) is 6. The van der Waals surface area contributed by atoms with Crippen molar-refractivity contribution in [3.8, 4) is 11.4 Å². The Bertz CT molecular complexity index is 553. The Hall–Kier alpha value is -2.28. The van der Waals surface area contributed by atoms with E-state index < -0.39 is 0 Å². The average Bonchev–Trinajstić information content (AvgIpc) is 2.94. The predicted molar refractivity (Wildman–Crippen MR) is 73.0 cm³/mol. The van der Waals surface area contributed by atoms with Crippen molar-refractivity contribution in [2.75, 3.05) is 27.2 Å². The van der Waals surface area contributed by atoms with Crippen LogP contribution in [0.15, 0.2) is 29.0 Å². The summed E-state index contributed by atoms with van der Waals surface area (Å²) in [5.74, 6) is -0.0309. The molecule has 20 heavy (non-hydrogen) atoms. The van der Waals surface area contributed by atoms with E-state index in [0.29, 0.717) is 17.9 Å². The molecular weight excluding hydrogens is 258 g/mol. The molecule has 1 N–H and O–H groups in total. The molecule has 0 aromatic carbocycles. The minimum absolute atomic E-state index is 0.0336. The Morgan fingerprint density at radius 2 is 2.30 bits per heavy atom. The number of carbonyl (C=O) groups is 1. The Morgan fingerprint density at radius 1 is 1.45 bits per heavy atom. The van der Waals surface area contributed by atoms with E-state index in [2.05, 4.69) is 25.3 Å². The van der Waals surface area contributed by atoms with E-state index in [0.717, 1.165) is 13.0 Å². The van der Waals surface area contributed by atoms with Crippen molar-refractivity contribution in [3.63, 3.8) is 0 Å². The highest BCUT2D eigenvalue weighted by Gasteiger charge is 2.15. The quantitative estimate of drug-likeness (QED) is 0.785. The van der Waals surface area contributed by atoms with E-state index in [4.69, 9.17) is 4.52 Å². The molecule has 7 nitrogen and oxygen atoms in total. The van der Waals surface area contributed by atoms with Crippen LogP contribution in [-0.2, 0) is 0 Å². The van der Waals surface area contributed by atoms with E-state index in [-0.39, 0.29) is 11.8 Å². The molecule has 0 atom stereocenters. The van der Waals surface area contributed by atoms with Gasteiger partial charge < -0.3 is 14.7 Å². The normalized spacial score (nSPS) is 10.8. The van der Waals surface area contributed by atoms with Crippen LogP contribution in [0.25, 0.3) is 11.4 Å². The molecule has 0 unspecified atom stereocenters. The summed E-state index contributed by atoms with van der Waals surface area (Å²) in [6, 6.07) is 3.57. The second-order valence-corrected chi connectivity index (χ2v) is 4.58. The topological polar surface area (TPSA) is 84.2 Å². The predicted octanol–water partition coefficient (Wildman–Crippen LogP) is 0.813. The third-order valence-electron chi connectivity index (χ3n) is 2.61. The van der Waals surface area contributed by atoms with Crippen molar-refractivity contribution < 1.29 is 9.32 Å². The van der Waals surface area contributed by atoms with Crippen molar-refractivity contribution in [2.45, 2.75) is 6.42 Å². The van der Waals surface area contributed by atoms with Crippen molar-refractivity contribution >= 4 is 5.91 Å². The maximum absolute atomic E-state index is 11.8. The summed E-state index contributed by atoms with van der Waals surface area (Å²) in [7, 11) is 3.97. The summed E-state index contributed by atoms with van der Waals surface area (Å²) in [5.41, 5.74) is 0.711. The second kappa shape index (κ2) is 6.76. The minimum Gasteiger partial charge on any atom is -0.348 e. The Balaban J connectivity index is 1.90. The van der Waals surface area contributed by atoms with Crippen LogP contribution in [-0.4, -0.2) is 53.1 Å². The first-order chi connectivity index (χ1) is 9.66. The molecule has 0 saturated carbocycles. The molecule has 2 aromatic heterocycles. The molecule has 0 aliphatic rings. The fraction of sp³-hybridized carbons (Fsp3) is 0.385. The van der Waals surface area contributed by atoms with Crippen LogP contribution in [0, 0.1) is 0 Å². The van der Waals surface area contributed by atoms with Gasteiger partial charge in [0, 0.05) is 24.5 Å². The van der Waals surface area contributed by atoms with Gasteiger partial charge in [-0.25, -0.2) is 0 Å².